The first-order chi connectivity index (χ1) is 8.13. The van der Waals surface area contributed by atoms with Gasteiger partial charge in [-0.25, -0.2) is 0 Å². The highest BCUT2D eigenvalue weighted by Crippen LogP contribution is 2.03. The fourth-order valence-electron chi connectivity index (χ4n) is 1.61. The van der Waals surface area contributed by atoms with E-state index in [4.69, 9.17) is 0 Å². The van der Waals surface area contributed by atoms with Crippen molar-refractivity contribution in [1.82, 2.24) is 10.2 Å². The maximum Gasteiger partial charge on any atom is 0.236 e. The number of hydrogen-bond donors (Lipinski definition) is 1. The quantitative estimate of drug-likeness (QED) is 0.758. The summed E-state index contributed by atoms with van der Waals surface area (Å²) in [5.41, 5.74) is 2.60. The van der Waals surface area contributed by atoms with Crippen molar-refractivity contribution < 1.29 is 4.79 Å². The van der Waals surface area contributed by atoms with Crippen molar-refractivity contribution in [2.24, 2.45) is 0 Å². The van der Waals surface area contributed by atoms with Gasteiger partial charge in [0.1, 0.15) is 0 Å². The fourth-order valence-corrected chi connectivity index (χ4v) is 1.61. The third kappa shape index (κ3) is 5.00. The number of nitrogens with one attached hydrogen (secondary N) is 1. The molecule has 0 heterocycles. The Morgan fingerprint density at radius 2 is 2.18 bits per heavy atom. The van der Waals surface area contributed by atoms with Crippen LogP contribution < -0.4 is 5.32 Å². The number of amides is 1. The number of rotatable bonds is 6. The van der Waals surface area contributed by atoms with Gasteiger partial charge in [-0.1, -0.05) is 29.8 Å². The number of nitrogens with zero attached hydrogens (tertiary/aromatic N) is 1. The van der Waals surface area contributed by atoms with Crippen molar-refractivity contribution in [3.05, 3.63) is 35.4 Å². The van der Waals surface area contributed by atoms with Gasteiger partial charge >= 0.3 is 0 Å². The van der Waals surface area contributed by atoms with E-state index in [1.54, 1.807) is 4.90 Å². The summed E-state index contributed by atoms with van der Waals surface area (Å²) in [7, 11) is 1.82. The molecule has 1 amide bonds. The lowest BCUT2D eigenvalue weighted by molar-refractivity contribution is -0.128. The molecule has 1 N–H and O–H groups in total. The number of likely N-dealkylation sites (N-methyl/N-ethyl adjacent to an activating group) is 1. The van der Waals surface area contributed by atoms with Crippen molar-refractivity contribution >= 4 is 5.91 Å². The van der Waals surface area contributed by atoms with Crippen molar-refractivity contribution in [2.45, 2.75) is 20.3 Å². The zero-order valence-corrected chi connectivity index (χ0v) is 11.0. The molecule has 0 aromatic heterocycles. The zero-order chi connectivity index (χ0) is 12.7. The van der Waals surface area contributed by atoms with Crippen LogP contribution in [0, 0.1) is 6.92 Å². The molecule has 0 saturated heterocycles. The Morgan fingerprint density at radius 1 is 1.41 bits per heavy atom. The van der Waals surface area contributed by atoms with Gasteiger partial charge < -0.3 is 10.2 Å². The normalized spacial score (nSPS) is 10.3. The molecule has 1 aromatic carbocycles. The second-order valence-corrected chi connectivity index (χ2v) is 4.32. The van der Waals surface area contributed by atoms with E-state index in [0.29, 0.717) is 6.54 Å². The minimum absolute atomic E-state index is 0.150. The Kier molecular flexibility index (Phi) is 5.70. The minimum atomic E-state index is 0.150. The Hall–Kier alpha value is -1.35. The van der Waals surface area contributed by atoms with Crippen molar-refractivity contribution in [2.75, 3.05) is 26.7 Å². The minimum Gasteiger partial charge on any atom is -0.345 e. The van der Waals surface area contributed by atoms with E-state index < -0.39 is 0 Å². The first-order valence-electron chi connectivity index (χ1n) is 6.13. The van der Waals surface area contributed by atoms with Gasteiger partial charge in [-0.15, -0.1) is 0 Å². The van der Waals surface area contributed by atoms with Gasteiger partial charge in [-0.3, -0.25) is 4.79 Å². The van der Waals surface area contributed by atoms with Gasteiger partial charge in [-0.05, 0) is 32.4 Å². The average molecular weight is 234 g/mol. The van der Waals surface area contributed by atoms with Crippen LogP contribution in [0.15, 0.2) is 24.3 Å². The van der Waals surface area contributed by atoms with Crippen LogP contribution in [-0.2, 0) is 11.2 Å². The Balaban J connectivity index is 2.22. The highest BCUT2D eigenvalue weighted by molar-refractivity contribution is 5.77. The highest BCUT2D eigenvalue weighted by atomic mass is 16.2. The van der Waals surface area contributed by atoms with Crippen LogP contribution in [0.5, 0.6) is 0 Å². The molecule has 0 aliphatic rings. The molecule has 3 nitrogen and oxygen atoms in total. The predicted octanol–water partition coefficient (Wildman–Crippen LogP) is 1.61. The van der Waals surface area contributed by atoms with Gasteiger partial charge in [0.05, 0.1) is 6.54 Å². The second kappa shape index (κ2) is 7.07. The second-order valence-electron chi connectivity index (χ2n) is 4.32. The highest BCUT2D eigenvalue weighted by Gasteiger charge is 2.04. The van der Waals surface area contributed by atoms with Crippen molar-refractivity contribution in [3.63, 3.8) is 0 Å². The molecule has 0 atom stereocenters. The molecular formula is C14H22N2O. The molecule has 3 heteroatoms. The van der Waals surface area contributed by atoms with Crippen LogP contribution in [0.4, 0.5) is 0 Å². The molecule has 94 valence electrons. The van der Waals surface area contributed by atoms with Crippen LogP contribution in [0.25, 0.3) is 0 Å². The maximum atomic E-state index is 11.5. The molecule has 1 aromatic rings. The molecule has 0 fully saturated rings. The molecule has 0 radical (unpaired) electrons. The number of carbonyl (C=O) groups is 1. The van der Waals surface area contributed by atoms with Crippen LogP contribution in [-0.4, -0.2) is 37.5 Å². The molecule has 0 aliphatic heterocycles. The van der Waals surface area contributed by atoms with E-state index in [9.17, 15) is 4.79 Å². The summed E-state index contributed by atoms with van der Waals surface area (Å²) in [6, 6.07) is 8.47. The largest absolute Gasteiger partial charge is 0.345 e. The van der Waals surface area contributed by atoms with E-state index >= 15 is 0 Å². The lowest BCUT2D eigenvalue weighted by Crippen LogP contribution is -2.36. The summed E-state index contributed by atoms with van der Waals surface area (Å²) in [6.45, 7) is 6.10. The summed E-state index contributed by atoms with van der Waals surface area (Å²) < 4.78 is 0. The van der Waals surface area contributed by atoms with Gasteiger partial charge in [0, 0.05) is 13.6 Å². The third-order valence-corrected chi connectivity index (χ3v) is 2.85. The summed E-state index contributed by atoms with van der Waals surface area (Å²) in [5, 5.41) is 3.18. The number of benzene rings is 1. The smallest absolute Gasteiger partial charge is 0.236 e. The lowest BCUT2D eigenvalue weighted by Gasteiger charge is -2.14. The van der Waals surface area contributed by atoms with Gasteiger partial charge in [-0.2, -0.15) is 0 Å². The predicted molar refractivity (Wildman–Crippen MR) is 71.1 cm³/mol. The van der Waals surface area contributed by atoms with E-state index in [-0.39, 0.29) is 5.91 Å². The third-order valence-electron chi connectivity index (χ3n) is 2.85. The van der Waals surface area contributed by atoms with Crippen LogP contribution in [0.3, 0.4) is 0 Å². The van der Waals surface area contributed by atoms with Crippen LogP contribution >= 0.6 is 0 Å². The number of hydrogen-bond acceptors (Lipinski definition) is 2. The van der Waals surface area contributed by atoms with Gasteiger partial charge in [0.15, 0.2) is 0 Å². The zero-order valence-electron chi connectivity index (χ0n) is 11.0. The van der Waals surface area contributed by atoms with Gasteiger partial charge in [0.2, 0.25) is 5.91 Å². The molecule has 1 rings (SSSR count). The SMILES string of the molecule is CCN(C)C(=O)CNCCc1cccc(C)c1. The summed E-state index contributed by atoms with van der Waals surface area (Å²) in [6.07, 6.45) is 0.963. The molecule has 0 unspecified atom stereocenters. The Morgan fingerprint density at radius 3 is 2.82 bits per heavy atom. The molecule has 0 aliphatic carbocycles. The fraction of sp³-hybridized carbons (Fsp3) is 0.500. The average Bonchev–Trinajstić information content (AvgIpc) is 2.33. The monoisotopic (exact) mass is 234 g/mol. The summed E-state index contributed by atoms with van der Waals surface area (Å²) in [5.74, 6) is 0.150. The Labute approximate surface area is 104 Å². The molecule has 0 spiro atoms. The lowest BCUT2D eigenvalue weighted by atomic mass is 10.1. The topological polar surface area (TPSA) is 32.3 Å². The van der Waals surface area contributed by atoms with Crippen LogP contribution in [0.1, 0.15) is 18.1 Å². The van der Waals surface area contributed by atoms with Crippen molar-refractivity contribution in [1.29, 1.82) is 0 Å². The van der Waals surface area contributed by atoms with Gasteiger partial charge in [0.25, 0.3) is 0 Å². The van der Waals surface area contributed by atoms with Crippen molar-refractivity contribution in [3.8, 4) is 0 Å². The van der Waals surface area contributed by atoms with E-state index in [0.717, 1.165) is 19.5 Å². The molecular weight excluding hydrogens is 212 g/mol. The number of aryl methyl sites for hydroxylation is 1. The Bertz CT molecular complexity index is 363. The van der Waals surface area contributed by atoms with Crippen LogP contribution in [0.2, 0.25) is 0 Å². The van der Waals surface area contributed by atoms with E-state index in [2.05, 4.69) is 36.5 Å². The summed E-state index contributed by atoms with van der Waals surface area (Å²) in [4.78, 5) is 13.2. The van der Waals surface area contributed by atoms with E-state index in [1.165, 1.54) is 11.1 Å². The molecule has 0 saturated carbocycles. The first kappa shape index (κ1) is 13.7. The molecule has 17 heavy (non-hydrogen) atoms. The first-order valence-corrected chi connectivity index (χ1v) is 6.13. The number of carbonyl (C=O) groups excluding carboxylic acids is 1. The summed E-state index contributed by atoms with van der Waals surface area (Å²) >= 11 is 0. The maximum absolute atomic E-state index is 11.5. The van der Waals surface area contributed by atoms with E-state index in [1.807, 2.05) is 14.0 Å². The standard InChI is InChI=1S/C14H22N2O/c1-4-16(3)14(17)11-15-9-8-13-7-5-6-12(2)10-13/h5-7,10,15H,4,8-9,11H2,1-3H3. The molecule has 0 bridgehead atoms.